The van der Waals surface area contributed by atoms with Gasteiger partial charge in [-0.05, 0) is 17.7 Å². The number of para-hydroxylation sites is 1. The number of ether oxygens (including phenoxy) is 1. The molecular formula is C17H17N3O3. The highest BCUT2D eigenvalue weighted by Crippen LogP contribution is 2.32. The van der Waals surface area contributed by atoms with E-state index in [0.717, 1.165) is 11.1 Å². The maximum Gasteiger partial charge on any atom is 0.228 e. The molecule has 2 aromatic rings. The van der Waals surface area contributed by atoms with Gasteiger partial charge in [-0.1, -0.05) is 24.3 Å². The topological polar surface area (TPSA) is 80.3 Å². The van der Waals surface area contributed by atoms with Crippen LogP contribution in [0.2, 0.25) is 0 Å². The smallest absolute Gasteiger partial charge is 0.228 e. The van der Waals surface area contributed by atoms with E-state index in [0.29, 0.717) is 18.1 Å². The van der Waals surface area contributed by atoms with E-state index in [1.54, 1.807) is 18.3 Å². The minimum Gasteiger partial charge on any atom is -0.481 e. The summed E-state index contributed by atoms with van der Waals surface area (Å²) in [4.78, 5) is 28.4. The van der Waals surface area contributed by atoms with E-state index in [4.69, 9.17) is 4.74 Å². The van der Waals surface area contributed by atoms with Crippen molar-refractivity contribution in [1.29, 1.82) is 0 Å². The fourth-order valence-corrected chi connectivity index (χ4v) is 2.69. The van der Waals surface area contributed by atoms with E-state index in [1.807, 2.05) is 24.3 Å². The quantitative estimate of drug-likeness (QED) is 0.903. The Morgan fingerprint density at radius 3 is 3.00 bits per heavy atom. The monoisotopic (exact) mass is 311 g/mol. The summed E-state index contributed by atoms with van der Waals surface area (Å²) in [7, 11) is 1.54. The molecule has 0 unspecified atom stereocenters. The van der Waals surface area contributed by atoms with Crippen LogP contribution in [0.25, 0.3) is 0 Å². The molecule has 118 valence electrons. The van der Waals surface area contributed by atoms with Crippen molar-refractivity contribution in [3.8, 4) is 5.88 Å². The molecule has 0 bridgehead atoms. The van der Waals surface area contributed by atoms with Gasteiger partial charge in [-0.15, -0.1) is 0 Å². The van der Waals surface area contributed by atoms with Crippen LogP contribution in [0.3, 0.4) is 0 Å². The lowest BCUT2D eigenvalue weighted by Crippen LogP contribution is -2.34. The van der Waals surface area contributed by atoms with Crippen LogP contribution in [0.4, 0.5) is 5.69 Å². The van der Waals surface area contributed by atoms with Gasteiger partial charge >= 0.3 is 0 Å². The summed E-state index contributed by atoms with van der Waals surface area (Å²) >= 11 is 0. The predicted molar refractivity (Wildman–Crippen MR) is 85.1 cm³/mol. The molecule has 2 amide bonds. The number of carbonyl (C=O) groups is 2. The zero-order chi connectivity index (χ0) is 16.2. The number of hydrogen-bond donors (Lipinski definition) is 2. The van der Waals surface area contributed by atoms with Crippen molar-refractivity contribution in [2.75, 3.05) is 12.4 Å². The Balaban J connectivity index is 1.75. The third kappa shape index (κ3) is 3.15. The number of rotatable bonds is 4. The summed E-state index contributed by atoms with van der Waals surface area (Å²) in [6, 6.07) is 11.0. The average Bonchev–Trinajstić information content (AvgIpc) is 2.59. The Kier molecular flexibility index (Phi) is 4.23. The van der Waals surface area contributed by atoms with Gasteiger partial charge in [0.05, 0.1) is 13.0 Å². The molecule has 6 heteroatoms. The zero-order valence-electron chi connectivity index (χ0n) is 12.7. The summed E-state index contributed by atoms with van der Waals surface area (Å²) in [6.45, 7) is 0.302. The van der Waals surface area contributed by atoms with Crippen LogP contribution in [-0.2, 0) is 16.1 Å². The van der Waals surface area contributed by atoms with Crippen LogP contribution in [0.1, 0.15) is 23.5 Å². The molecule has 6 nitrogen and oxygen atoms in total. The second-order valence-corrected chi connectivity index (χ2v) is 5.28. The van der Waals surface area contributed by atoms with Crippen LogP contribution in [-0.4, -0.2) is 23.9 Å². The molecular weight excluding hydrogens is 294 g/mol. The van der Waals surface area contributed by atoms with Gasteiger partial charge in [0, 0.05) is 30.4 Å². The maximum atomic E-state index is 12.5. The third-order valence-corrected chi connectivity index (χ3v) is 3.81. The van der Waals surface area contributed by atoms with Crippen LogP contribution in [0.15, 0.2) is 42.6 Å². The van der Waals surface area contributed by atoms with E-state index in [1.165, 1.54) is 7.11 Å². The minimum absolute atomic E-state index is 0.146. The Labute approximate surface area is 133 Å². The van der Waals surface area contributed by atoms with Gasteiger partial charge in [0.1, 0.15) is 0 Å². The fraction of sp³-hybridized carbons (Fsp3) is 0.235. The molecule has 1 aliphatic heterocycles. The van der Waals surface area contributed by atoms with Gasteiger partial charge in [-0.25, -0.2) is 4.98 Å². The third-order valence-electron chi connectivity index (χ3n) is 3.81. The number of nitrogens with one attached hydrogen (secondary N) is 2. The van der Waals surface area contributed by atoms with Gasteiger partial charge in [0.2, 0.25) is 17.7 Å². The summed E-state index contributed by atoms with van der Waals surface area (Å²) < 4.78 is 5.17. The van der Waals surface area contributed by atoms with Gasteiger partial charge in [0.25, 0.3) is 0 Å². The molecule has 0 radical (unpaired) electrons. The van der Waals surface area contributed by atoms with E-state index >= 15 is 0 Å². The molecule has 1 aromatic heterocycles. The molecule has 0 saturated carbocycles. The molecule has 0 spiro atoms. The van der Waals surface area contributed by atoms with Crippen molar-refractivity contribution < 1.29 is 14.3 Å². The van der Waals surface area contributed by atoms with Crippen molar-refractivity contribution in [3.05, 3.63) is 53.7 Å². The number of benzene rings is 1. The van der Waals surface area contributed by atoms with E-state index < -0.39 is 5.92 Å². The van der Waals surface area contributed by atoms with Crippen molar-refractivity contribution >= 4 is 17.5 Å². The largest absolute Gasteiger partial charge is 0.481 e. The molecule has 1 atom stereocenters. The highest BCUT2D eigenvalue weighted by Gasteiger charge is 2.30. The lowest BCUT2D eigenvalue weighted by molar-refractivity contribution is -0.126. The van der Waals surface area contributed by atoms with Crippen LogP contribution in [0.5, 0.6) is 5.88 Å². The van der Waals surface area contributed by atoms with Gasteiger partial charge < -0.3 is 15.4 Å². The van der Waals surface area contributed by atoms with Gasteiger partial charge in [-0.3, -0.25) is 9.59 Å². The second-order valence-electron chi connectivity index (χ2n) is 5.28. The molecule has 0 fully saturated rings. The molecule has 3 rings (SSSR count). The SMILES string of the molecule is COc1ncccc1CNC(=O)[C@H]1CC(=O)Nc2ccccc21. The number of carbonyl (C=O) groups excluding carboxylic acids is 2. The molecule has 0 aliphatic carbocycles. The Morgan fingerprint density at radius 2 is 2.17 bits per heavy atom. The molecule has 2 N–H and O–H groups in total. The summed E-state index contributed by atoms with van der Waals surface area (Å²) in [5, 5.41) is 5.65. The standard InChI is InChI=1S/C17H17N3O3/c1-23-17-11(5-4-8-18-17)10-19-16(22)13-9-15(21)20-14-7-3-2-6-12(13)14/h2-8,13H,9-10H2,1H3,(H,19,22)(H,20,21)/t13-/m0/s1. The molecule has 23 heavy (non-hydrogen) atoms. The normalized spacial score (nSPS) is 16.2. The van der Waals surface area contributed by atoms with Crippen molar-refractivity contribution in [1.82, 2.24) is 10.3 Å². The Hall–Kier alpha value is -2.89. The number of anilines is 1. The molecule has 0 saturated heterocycles. The molecule has 2 heterocycles. The number of aromatic nitrogens is 1. The lowest BCUT2D eigenvalue weighted by Gasteiger charge is -2.24. The number of methoxy groups -OCH3 is 1. The first-order chi connectivity index (χ1) is 11.2. The number of amides is 2. The molecule has 1 aliphatic rings. The number of hydrogen-bond acceptors (Lipinski definition) is 4. The van der Waals surface area contributed by atoms with Crippen LogP contribution >= 0.6 is 0 Å². The van der Waals surface area contributed by atoms with Gasteiger partial charge in [-0.2, -0.15) is 0 Å². The molecule has 1 aromatic carbocycles. The minimum atomic E-state index is -0.484. The first-order valence-corrected chi connectivity index (χ1v) is 7.33. The summed E-state index contributed by atoms with van der Waals surface area (Å²) in [6.07, 6.45) is 1.78. The highest BCUT2D eigenvalue weighted by atomic mass is 16.5. The lowest BCUT2D eigenvalue weighted by atomic mass is 9.90. The Morgan fingerprint density at radius 1 is 1.35 bits per heavy atom. The van der Waals surface area contributed by atoms with E-state index in [2.05, 4.69) is 15.6 Å². The van der Waals surface area contributed by atoms with Crippen molar-refractivity contribution in [2.45, 2.75) is 18.9 Å². The fourth-order valence-electron chi connectivity index (χ4n) is 2.69. The zero-order valence-corrected chi connectivity index (χ0v) is 12.7. The van der Waals surface area contributed by atoms with Gasteiger partial charge in [0.15, 0.2) is 0 Å². The van der Waals surface area contributed by atoms with Crippen LogP contribution < -0.4 is 15.4 Å². The van der Waals surface area contributed by atoms with E-state index in [-0.39, 0.29) is 18.2 Å². The summed E-state index contributed by atoms with van der Waals surface area (Å²) in [5.74, 6) is -0.335. The first kappa shape index (κ1) is 15.0. The maximum absolute atomic E-state index is 12.5. The predicted octanol–water partition coefficient (Wildman–Crippen LogP) is 1.83. The number of pyridine rings is 1. The highest BCUT2D eigenvalue weighted by molar-refractivity contribution is 6.01. The van der Waals surface area contributed by atoms with Crippen molar-refractivity contribution in [3.63, 3.8) is 0 Å². The Bertz CT molecular complexity index is 745. The average molecular weight is 311 g/mol. The number of nitrogens with zero attached hydrogens (tertiary/aromatic N) is 1. The van der Waals surface area contributed by atoms with Crippen molar-refractivity contribution in [2.24, 2.45) is 0 Å². The first-order valence-electron chi connectivity index (χ1n) is 7.33. The second kappa shape index (κ2) is 6.48. The van der Waals surface area contributed by atoms with Crippen LogP contribution in [0, 0.1) is 0 Å². The summed E-state index contributed by atoms with van der Waals surface area (Å²) in [5.41, 5.74) is 2.32. The van der Waals surface area contributed by atoms with E-state index in [9.17, 15) is 9.59 Å². The number of fused-ring (bicyclic) bond motifs is 1.